The number of nitrogens with two attached hydrogens (primary N) is 1. The summed E-state index contributed by atoms with van der Waals surface area (Å²) in [5, 5.41) is 11.0. The largest absolute Gasteiger partial charge is 0.385 e. The SMILES string of the molecule is Nc1sc(S(=O)(=O)Nc2ccc(Cl)cc2)cc1[N+](=O)[O-]. The van der Waals surface area contributed by atoms with Gasteiger partial charge in [0.15, 0.2) is 5.00 Å². The molecule has 0 fully saturated rings. The lowest BCUT2D eigenvalue weighted by atomic mass is 10.3. The molecule has 0 unspecified atom stereocenters. The number of nitrogens with zero attached hydrogens (tertiary/aromatic N) is 1. The highest BCUT2D eigenvalue weighted by atomic mass is 35.5. The quantitative estimate of drug-likeness (QED) is 0.659. The molecule has 2 aromatic rings. The van der Waals surface area contributed by atoms with E-state index in [1.807, 2.05) is 0 Å². The van der Waals surface area contributed by atoms with Crippen molar-refractivity contribution in [1.29, 1.82) is 0 Å². The molecule has 106 valence electrons. The van der Waals surface area contributed by atoms with E-state index < -0.39 is 20.6 Å². The summed E-state index contributed by atoms with van der Waals surface area (Å²) in [5.74, 6) is 0. The van der Waals surface area contributed by atoms with E-state index in [1.54, 1.807) is 0 Å². The van der Waals surface area contributed by atoms with Crippen molar-refractivity contribution in [2.45, 2.75) is 4.21 Å². The zero-order valence-corrected chi connectivity index (χ0v) is 12.1. The lowest BCUT2D eigenvalue weighted by Crippen LogP contribution is -2.11. The normalized spacial score (nSPS) is 11.2. The Labute approximate surface area is 123 Å². The van der Waals surface area contributed by atoms with Crippen LogP contribution in [0.1, 0.15) is 0 Å². The number of sulfonamides is 1. The van der Waals surface area contributed by atoms with Gasteiger partial charge >= 0.3 is 5.69 Å². The van der Waals surface area contributed by atoms with E-state index in [0.717, 1.165) is 6.07 Å². The molecule has 1 aromatic heterocycles. The predicted octanol–water partition coefficient (Wildman–Crippen LogP) is 2.69. The van der Waals surface area contributed by atoms with Crippen LogP contribution in [0.3, 0.4) is 0 Å². The van der Waals surface area contributed by atoms with Crippen LogP contribution in [0.4, 0.5) is 16.4 Å². The minimum atomic E-state index is -3.92. The molecule has 0 saturated carbocycles. The Morgan fingerprint density at radius 3 is 2.40 bits per heavy atom. The van der Waals surface area contributed by atoms with Gasteiger partial charge < -0.3 is 5.73 Å². The second-order valence-corrected chi connectivity index (χ2v) is 7.11. The van der Waals surface area contributed by atoms with Gasteiger partial charge in [0.1, 0.15) is 4.21 Å². The van der Waals surface area contributed by atoms with Crippen LogP contribution < -0.4 is 10.5 Å². The summed E-state index contributed by atoms with van der Waals surface area (Å²) in [6, 6.07) is 6.92. The highest BCUT2D eigenvalue weighted by molar-refractivity contribution is 7.94. The van der Waals surface area contributed by atoms with Gasteiger partial charge in [-0.25, -0.2) is 8.42 Å². The molecule has 0 amide bonds. The highest BCUT2D eigenvalue weighted by Gasteiger charge is 2.24. The standard InChI is InChI=1S/C10H8ClN3O4S2/c11-6-1-3-7(4-2-6)13-20(17,18)9-5-8(14(15)16)10(12)19-9/h1-5,13H,12H2. The number of nitrogens with one attached hydrogen (secondary N) is 1. The summed E-state index contributed by atoms with van der Waals surface area (Å²) in [6.45, 7) is 0. The lowest BCUT2D eigenvalue weighted by Gasteiger charge is -2.05. The zero-order chi connectivity index (χ0) is 14.9. The van der Waals surface area contributed by atoms with Gasteiger partial charge in [-0.05, 0) is 24.3 Å². The molecule has 2 rings (SSSR count). The van der Waals surface area contributed by atoms with Crippen LogP contribution in [0.5, 0.6) is 0 Å². The Morgan fingerprint density at radius 2 is 1.90 bits per heavy atom. The number of halogens is 1. The van der Waals surface area contributed by atoms with Crippen LogP contribution in [0.15, 0.2) is 34.5 Å². The fraction of sp³-hybridized carbons (Fsp3) is 0. The van der Waals surface area contributed by atoms with E-state index in [-0.39, 0.29) is 9.21 Å². The topological polar surface area (TPSA) is 115 Å². The third kappa shape index (κ3) is 3.00. The number of benzene rings is 1. The summed E-state index contributed by atoms with van der Waals surface area (Å²) in [7, 11) is -3.92. The van der Waals surface area contributed by atoms with Crippen molar-refractivity contribution in [2.75, 3.05) is 10.5 Å². The van der Waals surface area contributed by atoms with Crippen molar-refractivity contribution in [3.63, 3.8) is 0 Å². The van der Waals surface area contributed by atoms with E-state index >= 15 is 0 Å². The van der Waals surface area contributed by atoms with E-state index in [4.69, 9.17) is 17.3 Å². The van der Waals surface area contributed by atoms with E-state index in [0.29, 0.717) is 22.0 Å². The predicted molar refractivity (Wildman–Crippen MR) is 77.6 cm³/mol. The summed E-state index contributed by atoms with van der Waals surface area (Å²) in [6.07, 6.45) is 0. The molecular weight excluding hydrogens is 326 g/mol. The number of anilines is 2. The average Bonchev–Trinajstić information content (AvgIpc) is 2.75. The van der Waals surface area contributed by atoms with E-state index in [2.05, 4.69) is 4.72 Å². The Bertz CT molecular complexity index is 755. The molecule has 0 aliphatic carbocycles. The Kier molecular flexibility index (Phi) is 3.84. The second kappa shape index (κ2) is 5.27. The maximum Gasteiger partial charge on any atom is 0.304 e. The molecule has 0 radical (unpaired) electrons. The molecule has 1 aromatic carbocycles. The van der Waals surface area contributed by atoms with Gasteiger partial charge in [0.05, 0.1) is 4.92 Å². The molecule has 0 saturated heterocycles. The number of rotatable bonds is 4. The first-order valence-electron chi connectivity index (χ1n) is 5.11. The minimum Gasteiger partial charge on any atom is -0.385 e. The van der Waals surface area contributed by atoms with Crippen LogP contribution in [-0.4, -0.2) is 13.3 Å². The molecule has 10 heteroatoms. The molecular formula is C10H8ClN3O4S2. The Morgan fingerprint density at radius 1 is 1.30 bits per heavy atom. The molecule has 0 spiro atoms. The van der Waals surface area contributed by atoms with Crippen molar-refractivity contribution in [1.82, 2.24) is 0 Å². The molecule has 0 atom stereocenters. The molecule has 0 aliphatic rings. The van der Waals surface area contributed by atoms with Crippen molar-refractivity contribution >= 4 is 49.3 Å². The second-order valence-electron chi connectivity index (χ2n) is 3.68. The molecule has 20 heavy (non-hydrogen) atoms. The fourth-order valence-corrected chi connectivity index (χ4v) is 3.77. The first kappa shape index (κ1) is 14.6. The summed E-state index contributed by atoms with van der Waals surface area (Å²) in [5.41, 5.74) is 5.29. The Hall–Kier alpha value is -1.84. The number of nitro groups is 1. The number of nitrogen functional groups attached to an aromatic ring is 1. The van der Waals surface area contributed by atoms with Gasteiger partial charge in [-0.3, -0.25) is 14.8 Å². The fourth-order valence-electron chi connectivity index (χ4n) is 1.37. The van der Waals surface area contributed by atoms with E-state index in [9.17, 15) is 18.5 Å². The van der Waals surface area contributed by atoms with Gasteiger partial charge in [0.25, 0.3) is 10.0 Å². The van der Waals surface area contributed by atoms with Gasteiger partial charge in [0, 0.05) is 16.8 Å². The smallest absolute Gasteiger partial charge is 0.304 e. The van der Waals surface area contributed by atoms with Crippen molar-refractivity contribution in [2.24, 2.45) is 0 Å². The third-order valence-electron chi connectivity index (χ3n) is 2.28. The third-order valence-corrected chi connectivity index (χ3v) is 5.34. The number of hydrogen-bond acceptors (Lipinski definition) is 6. The maximum atomic E-state index is 12.1. The summed E-state index contributed by atoms with van der Waals surface area (Å²) < 4.78 is 26.2. The minimum absolute atomic E-state index is 0.161. The number of hydrogen-bond donors (Lipinski definition) is 2. The lowest BCUT2D eigenvalue weighted by molar-refractivity contribution is -0.383. The van der Waals surface area contributed by atoms with Crippen LogP contribution in [-0.2, 0) is 10.0 Å². The molecule has 3 N–H and O–H groups in total. The monoisotopic (exact) mass is 333 g/mol. The highest BCUT2D eigenvalue weighted by Crippen LogP contribution is 2.35. The van der Waals surface area contributed by atoms with Crippen molar-refractivity contribution in [3.05, 3.63) is 45.5 Å². The van der Waals surface area contributed by atoms with Gasteiger partial charge in [0.2, 0.25) is 0 Å². The Balaban J connectivity index is 2.33. The molecule has 0 aliphatic heterocycles. The van der Waals surface area contributed by atoms with E-state index in [1.165, 1.54) is 24.3 Å². The van der Waals surface area contributed by atoms with Crippen molar-refractivity contribution in [3.8, 4) is 0 Å². The first-order valence-corrected chi connectivity index (χ1v) is 7.79. The molecule has 0 bridgehead atoms. The molecule has 7 nitrogen and oxygen atoms in total. The average molecular weight is 334 g/mol. The number of thiophene rings is 1. The molecule has 1 heterocycles. The van der Waals surface area contributed by atoms with Gasteiger partial charge in [-0.15, -0.1) is 0 Å². The first-order chi connectivity index (χ1) is 9.29. The van der Waals surface area contributed by atoms with Crippen LogP contribution >= 0.6 is 22.9 Å². The zero-order valence-electron chi connectivity index (χ0n) is 9.74. The van der Waals surface area contributed by atoms with Crippen molar-refractivity contribution < 1.29 is 13.3 Å². The van der Waals surface area contributed by atoms with Gasteiger partial charge in [-0.2, -0.15) is 0 Å². The van der Waals surface area contributed by atoms with Crippen LogP contribution in [0.25, 0.3) is 0 Å². The van der Waals surface area contributed by atoms with Gasteiger partial charge in [-0.1, -0.05) is 22.9 Å². The summed E-state index contributed by atoms with van der Waals surface area (Å²) in [4.78, 5) is 9.93. The van der Waals surface area contributed by atoms with Crippen LogP contribution in [0, 0.1) is 10.1 Å². The van der Waals surface area contributed by atoms with Crippen LogP contribution in [0.2, 0.25) is 5.02 Å². The summed E-state index contributed by atoms with van der Waals surface area (Å²) >= 11 is 6.32. The maximum absolute atomic E-state index is 12.1.